The molecule has 0 saturated heterocycles. The number of phenols is 2. The first-order valence-corrected chi connectivity index (χ1v) is 10.2. The van der Waals surface area contributed by atoms with E-state index in [1.54, 1.807) is 17.7 Å². The van der Waals surface area contributed by atoms with Crippen LogP contribution in [0.3, 0.4) is 0 Å². The number of nitrogens with zero attached hydrogens (tertiary/aromatic N) is 3. The standard InChI is InChI=1S/C22H24N4O3S.2Na/c1-5-13-10-15(18(28)11-17(13)27)21-23-24-22(30)26(21)16-6-7-19(29-4)20-14(16)8-9-25(20)12(2)3;;/h6-12,27-28H,5H2,1-4H3,(H,24,30);;. The number of aromatic nitrogens is 4. The van der Waals surface area contributed by atoms with Gasteiger partial charge in [0.05, 0.1) is 23.9 Å². The smallest absolute Gasteiger partial charge is 0.200 e. The molecular weight excluding hydrogens is 446 g/mol. The van der Waals surface area contributed by atoms with Crippen LogP contribution in [-0.2, 0) is 6.42 Å². The number of aryl methyl sites for hydroxylation is 1. The first kappa shape index (κ1) is 27.0. The number of ether oxygens (including phenoxy) is 1. The molecule has 2 aromatic carbocycles. The van der Waals surface area contributed by atoms with Crippen LogP contribution >= 0.6 is 12.2 Å². The molecule has 3 N–H and O–H groups in total. The van der Waals surface area contributed by atoms with Gasteiger partial charge in [-0.25, -0.2) is 0 Å². The third-order valence-corrected chi connectivity index (χ3v) is 5.60. The molecule has 0 saturated carbocycles. The average molecular weight is 471 g/mol. The van der Waals surface area contributed by atoms with Gasteiger partial charge in [0.2, 0.25) is 0 Å². The summed E-state index contributed by atoms with van der Waals surface area (Å²) in [7, 11) is 1.65. The zero-order valence-corrected chi connectivity index (χ0v) is 24.1. The fourth-order valence-electron chi connectivity index (χ4n) is 3.81. The Morgan fingerprint density at radius 3 is 2.47 bits per heavy atom. The summed E-state index contributed by atoms with van der Waals surface area (Å²) < 4.78 is 9.96. The topological polar surface area (TPSA) is 88.2 Å². The summed E-state index contributed by atoms with van der Waals surface area (Å²) in [5.74, 6) is 1.23. The first-order valence-electron chi connectivity index (χ1n) is 9.77. The molecule has 4 aromatic rings. The van der Waals surface area contributed by atoms with Crippen molar-refractivity contribution in [1.82, 2.24) is 19.3 Å². The number of phenolic OH excluding ortho intramolecular Hbond substituents is 2. The average Bonchev–Trinajstić information content (AvgIpc) is 3.32. The number of aromatic hydroxyl groups is 2. The van der Waals surface area contributed by atoms with E-state index in [-0.39, 0.29) is 76.7 Å². The number of hydrogen-bond donors (Lipinski definition) is 3. The Hall–Kier alpha value is -1.26. The molecule has 10 heteroatoms. The van der Waals surface area contributed by atoms with Gasteiger partial charge in [-0.2, -0.15) is 5.10 Å². The summed E-state index contributed by atoms with van der Waals surface area (Å²) >= 11 is 5.54. The van der Waals surface area contributed by atoms with E-state index in [4.69, 9.17) is 17.0 Å². The van der Waals surface area contributed by atoms with Crippen LogP contribution in [-0.4, -0.2) is 95.8 Å². The second kappa shape index (κ2) is 10.8. The molecule has 2 radical (unpaired) electrons. The third kappa shape index (κ3) is 4.55. The fourth-order valence-corrected chi connectivity index (χ4v) is 4.04. The summed E-state index contributed by atoms with van der Waals surface area (Å²) in [6, 6.07) is 9.19. The van der Waals surface area contributed by atoms with Gasteiger partial charge in [0.25, 0.3) is 0 Å². The van der Waals surface area contributed by atoms with Gasteiger partial charge >= 0.3 is 0 Å². The van der Waals surface area contributed by atoms with Crippen molar-refractivity contribution in [2.45, 2.75) is 33.2 Å². The Balaban J connectivity index is 0.00000181. The number of benzene rings is 2. The minimum atomic E-state index is -0.0653. The molecule has 158 valence electrons. The van der Waals surface area contributed by atoms with Crippen LogP contribution in [0, 0.1) is 4.77 Å². The van der Waals surface area contributed by atoms with Gasteiger partial charge in [0.15, 0.2) is 10.6 Å². The second-order valence-corrected chi connectivity index (χ2v) is 7.79. The Bertz CT molecular complexity index is 1310. The fraction of sp³-hybridized carbons (Fsp3) is 0.273. The van der Waals surface area contributed by atoms with Gasteiger partial charge in [-0.3, -0.25) is 9.67 Å². The van der Waals surface area contributed by atoms with Crippen molar-refractivity contribution in [2.75, 3.05) is 7.11 Å². The van der Waals surface area contributed by atoms with Crippen molar-refractivity contribution in [3.63, 3.8) is 0 Å². The molecule has 0 aliphatic rings. The number of hydrogen-bond acceptors (Lipinski definition) is 5. The summed E-state index contributed by atoms with van der Waals surface area (Å²) in [5.41, 5.74) is 2.99. The quantitative estimate of drug-likeness (QED) is 0.298. The maximum absolute atomic E-state index is 10.5. The van der Waals surface area contributed by atoms with Crippen molar-refractivity contribution in [2.24, 2.45) is 0 Å². The molecule has 0 aliphatic heterocycles. The van der Waals surface area contributed by atoms with Crippen LogP contribution in [0.15, 0.2) is 36.5 Å². The number of fused-ring (bicyclic) bond motifs is 1. The monoisotopic (exact) mass is 470 g/mol. The molecule has 2 heterocycles. The van der Waals surface area contributed by atoms with E-state index in [9.17, 15) is 10.2 Å². The molecule has 4 rings (SSSR count). The van der Waals surface area contributed by atoms with Crippen molar-refractivity contribution in [3.05, 3.63) is 46.9 Å². The predicted octanol–water partition coefficient (Wildman–Crippen LogP) is 4.35. The number of methoxy groups -OCH3 is 1. The van der Waals surface area contributed by atoms with Crippen LogP contribution in [0.4, 0.5) is 0 Å². The van der Waals surface area contributed by atoms with E-state index in [0.717, 1.165) is 22.3 Å². The van der Waals surface area contributed by atoms with Crippen molar-refractivity contribution >= 4 is 82.2 Å². The Morgan fingerprint density at radius 1 is 1.12 bits per heavy atom. The van der Waals surface area contributed by atoms with Gasteiger partial charge < -0.3 is 19.5 Å². The van der Waals surface area contributed by atoms with E-state index >= 15 is 0 Å². The van der Waals surface area contributed by atoms with Gasteiger partial charge in [-0.15, -0.1) is 0 Å². The molecule has 0 atom stereocenters. The van der Waals surface area contributed by atoms with Crippen LogP contribution in [0.25, 0.3) is 28.0 Å². The predicted molar refractivity (Wildman–Crippen MR) is 131 cm³/mol. The van der Waals surface area contributed by atoms with Crippen LogP contribution in [0.2, 0.25) is 0 Å². The summed E-state index contributed by atoms with van der Waals surface area (Å²) in [4.78, 5) is 0. The Kier molecular flexibility index (Phi) is 9.09. The molecule has 2 aromatic heterocycles. The van der Waals surface area contributed by atoms with Crippen LogP contribution in [0.5, 0.6) is 17.2 Å². The number of nitrogens with one attached hydrogen (secondary N) is 1. The Labute approximate surface area is 236 Å². The van der Waals surface area contributed by atoms with Crippen LogP contribution in [0.1, 0.15) is 32.4 Å². The van der Waals surface area contributed by atoms with E-state index < -0.39 is 0 Å². The van der Waals surface area contributed by atoms with E-state index in [1.807, 2.05) is 31.3 Å². The van der Waals surface area contributed by atoms with Gasteiger partial charge in [-0.1, -0.05) is 6.92 Å². The molecule has 32 heavy (non-hydrogen) atoms. The molecule has 0 amide bonds. The number of rotatable bonds is 5. The van der Waals surface area contributed by atoms with Gasteiger partial charge in [0, 0.05) is 82.8 Å². The second-order valence-electron chi connectivity index (χ2n) is 7.41. The summed E-state index contributed by atoms with van der Waals surface area (Å²) in [5, 5.41) is 28.8. The SMILES string of the molecule is CCc1cc(-c2n[nH]c(=S)n2-c2ccc(OC)c3c2ccn3C(C)C)c(O)cc1O.[Na].[Na]. The molecule has 0 bridgehead atoms. The van der Waals surface area contributed by atoms with Gasteiger partial charge in [-0.05, 0) is 62.3 Å². The molecule has 0 fully saturated rings. The zero-order valence-electron chi connectivity index (χ0n) is 19.3. The first-order chi connectivity index (χ1) is 14.4. The van der Waals surface area contributed by atoms with Crippen molar-refractivity contribution in [3.8, 4) is 34.3 Å². The minimum Gasteiger partial charge on any atom is -0.508 e. The van der Waals surface area contributed by atoms with Crippen molar-refractivity contribution < 1.29 is 14.9 Å². The number of aromatic amines is 1. The van der Waals surface area contributed by atoms with Gasteiger partial charge in [0.1, 0.15) is 17.2 Å². The molecule has 0 spiro atoms. The maximum Gasteiger partial charge on any atom is 0.200 e. The van der Waals surface area contributed by atoms with Crippen molar-refractivity contribution in [1.29, 1.82) is 0 Å². The van der Waals surface area contributed by atoms with E-state index in [0.29, 0.717) is 28.1 Å². The van der Waals surface area contributed by atoms with E-state index in [1.165, 1.54) is 6.07 Å². The van der Waals surface area contributed by atoms with Crippen LogP contribution < -0.4 is 4.74 Å². The maximum atomic E-state index is 10.5. The molecule has 0 unspecified atom stereocenters. The van der Waals surface area contributed by atoms with E-state index in [2.05, 4.69) is 28.6 Å². The molecule has 7 nitrogen and oxygen atoms in total. The molecular formula is C22H24N4Na2O3S. The zero-order chi connectivity index (χ0) is 21.6. The normalized spacial score (nSPS) is 10.8. The largest absolute Gasteiger partial charge is 0.508 e. The number of H-pyrrole nitrogens is 1. The summed E-state index contributed by atoms with van der Waals surface area (Å²) in [6.07, 6.45) is 2.65. The minimum absolute atomic E-state index is 0. The summed E-state index contributed by atoms with van der Waals surface area (Å²) in [6.45, 7) is 6.16. The third-order valence-electron chi connectivity index (χ3n) is 5.33. The Morgan fingerprint density at radius 2 is 1.84 bits per heavy atom. The molecule has 0 aliphatic carbocycles.